The monoisotopic (exact) mass is 481 g/mol. The number of aromatic nitrogens is 1. The first-order chi connectivity index (χ1) is 15.5. The minimum atomic E-state index is -0.781. The molecule has 0 bridgehead atoms. The first-order valence-corrected chi connectivity index (χ1v) is 11.9. The lowest BCUT2D eigenvalue weighted by Gasteiger charge is -2.23. The van der Waals surface area contributed by atoms with Crippen molar-refractivity contribution in [3.63, 3.8) is 0 Å². The van der Waals surface area contributed by atoms with Gasteiger partial charge in [-0.05, 0) is 63.1 Å². The number of thiazole rings is 1. The summed E-state index contributed by atoms with van der Waals surface area (Å²) in [6, 6.07) is 2.15. The summed E-state index contributed by atoms with van der Waals surface area (Å²) >= 11 is 1.42. The second kappa shape index (κ2) is 12.2. The number of halogens is 2. The molecule has 0 saturated carbocycles. The van der Waals surface area contributed by atoms with Gasteiger partial charge in [0.05, 0.1) is 12.0 Å². The van der Waals surface area contributed by atoms with Crippen molar-refractivity contribution in [3.8, 4) is 0 Å². The van der Waals surface area contributed by atoms with Gasteiger partial charge in [0, 0.05) is 24.3 Å². The Balaban J connectivity index is 1.88. The Morgan fingerprint density at radius 2 is 1.88 bits per heavy atom. The van der Waals surface area contributed by atoms with Gasteiger partial charge < -0.3 is 15.4 Å². The molecule has 0 saturated heterocycles. The highest BCUT2D eigenvalue weighted by Gasteiger charge is 2.21. The molecule has 2 N–H and O–H groups in total. The summed E-state index contributed by atoms with van der Waals surface area (Å²) in [4.78, 5) is 30.3. The lowest BCUT2D eigenvalue weighted by Crippen LogP contribution is -2.44. The summed E-state index contributed by atoms with van der Waals surface area (Å²) in [5.74, 6) is -2.08. The molecule has 9 heteroatoms. The van der Waals surface area contributed by atoms with Crippen LogP contribution < -0.4 is 10.6 Å². The Labute approximate surface area is 198 Å². The molecule has 33 heavy (non-hydrogen) atoms. The zero-order valence-electron chi connectivity index (χ0n) is 19.8. The van der Waals surface area contributed by atoms with E-state index in [-0.39, 0.29) is 23.5 Å². The second-order valence-electron chi connectivity index (χ2n) is 8.80. The number of hydrogen-bond donors (Lipinski definition) is 2. The van der Waals surface area contributed by atoms with Crippen LogP contribution in [0, 0.1) is 11.6 Å². The molecule has 2 aromatic rings. The third-order valence-electron chi connectivity index (χ3n) is 5.55. The van der Waals surface area contributed by atoms with Gasteiger partial charge in [0.2, 0.25) is 11.8 Å². The predicted octanol–water partition coefficient (Wildman–Crippen LogP) is 5.20. The van der Waals surface area contributed by atoms with E-state index in [2.05, 4.69) is 36.4 Å². The normalized spacial score (nSPS) is 13.4. The summed E-state index contributed by atoms with van der Waals surface area (Å²) in [7, 11) is 1.72. The molecule has 2 atom stereocenters. The largest absolute Gasteiger partial charge is 0.379 e. The van der Waals surface area contributed by atoms with Crippen LogP contribution >= 0.6 is 11.3 Å². The number of carbonyl (C=O) groups is 2. The molecule has 1 heterocycles. The molecule has 1 aromatic carbocycles. The van der Waals surface area contributed by atoms with E-state index in [1.54, 1.807) is 20.2 Å². The van der Waals surface area contributed by atoms with Gasteiger partial charge in [-0.3, -0.25) is 9.59 Å². The average Bonchev–Trinajstić information content (AvgIpc) is 3.19. The van der Waals surface area contributed by atoms with Gasteiger partial charge in [0.1, 0.15) is 17.7 Å². The highest BCUT2D eigenvalue weighted by Crippen LogP contribution is 2.30. The molecule has 182 valence electrons. The number of nitrogens with one attached hydrogen (secondary N) is 2. The van der Waals surface area contributed by atoms with E-state index in [0.29, 0.717) is 17.5 Å². The number of benzene rings is 1. The molecule has 6 nitrogen and oxygen atoms in total. The number of ether oxygens (including phenoxy) is 1. The number of methoxy groups -OCH3 is 1. The van der Waals surface area contributed by atoms with E-state index in [4.69, 9.17) is 4.74 Å². The maximum absolute atomic E-state index is 13.3. The zero-order valence-corrected chi connectivity index (χ0v) is 20.7. The van der Waals surface area contributed by atoms with Crippen molar-refractivity contribution in [3.05, 3.63) is 46.5 Å². The highest BCUT2D eigenvalue weighted by molar-refractivity contribution is 7.15. The van der Waals surface area contributed by atoms with Crippen LogP contribution in [0.25, 0.3) is 0 Å². The van der Waals surface area contributed by atoms with Crippen molar-refractivity contribution in [2.24, 2.45) is 0 Å². The molecule has 2 amide bonds. The number of carbonyl (C=O) groups excluding carboxylic acids is 2. The van der Waals surface area contributed by atoms with E-state index >= 15 is 0 Å². The Kier molecular flexibility index (Phi) is 9.91. The third kappa shape index (κ3) is 8.81. The van der Waals surface area contributed by atoms with Crippen LogP contribution in [0.15, 0.2) is 24.4 Å². The maximum Gasteiger partial charge on any atom is 0.248 e. The molecule has 0 aliphatic heterocycles. The van der Waals surface area contributed by atoms with Crippen LogP contribution in [0.3, 0.4) is 0 Å². The minimum absolute atomic E-state index is 0.144. The SMILES string of the molecule is CCC(NC(=O)Cc1cc(F)cc(F)c1)C(=O)Nc1ncc(C(C)CCCC(C)(C)OC)s1. The standard InChI is InChI=1S/C24H33F2N3O3S/c1-6-19(28-21(30)12-16-10-17(25)13-18(26)11-16)22(31)29-23-27-14-20(33-23)15(2)8-7-9-24(3,4)32-5/h10-11,13-15,19H,6-9,12H2,1-5H3,(H,28,30)(H,27,29,31). The van der Waals surface area contributed by atoms with Gasteiger partial charge in [0.25, 0.3) is 0 Å². The van der Waals surface area contributed by atoms with E-state index in [9.17, 15) is 18.4 Å². The van der Waals surface area contributed by atoms with Crippen molar-refractivity contribution in [1.29, 1.82) is 0 Å². The Morgan fingerprint density at radius 3 is 2.48 bits per heavy atom. The van der Waals surface area contributed by atoms with Crippen LogP contribution in [0.4, 0.5) is 13.9 Å². The van der Waals surface area contributed by atoms with Gasteiger partial charge in [-0.1, -0.05) is 13.8 Å². The fraction of sp³-hybridized carbons (Fsp3) is 0.542. The molecule has 2 unspecified atom stereocenters. The molecule has 0 fully saturated rings. The second-order valence-corrected chi connectivity index (χ2v) is 9.86. The number of amides is 2. The molecule has 0 spiro atoms. The molecule has 2 rings (SSSR count). The first kappa shape index (κ1) is 26.9. The molecular formula is C24H33F2N3O3S. The topological polar surface area (TPSA) is 80.3 Å². The number of nitrogens with zero attached hydrogens (tertiary/aromatic N) is 1. The quantitative estimate of drug-likeness (QED) is 0.437. The number of hydrogen-bond acceptors (Lipinski definition) is 5. The van der Waals surface area contributed by atoms with Gasteiger partial charge >= 0.3 is 0 Å². The van der Waals surface area contributed by atoms with Crippen molar-refractivity contribution in [2.75, 3.05) is 12.4 Å². The molecule has 1 aromatic heterocycles. The summed E-state index contributed by atoms with van der Waals surface area (Å²) in [6.07, 6.45) is 4.86. The lowest BCUT2D eigenvalue weighted by molar-refractivity contribution is -0.126. The van der Waals surface area contributed by atoms with Crippen LogP contribution in [0.1, 0.15) is 69.7 Å². The van der Waals surface area contributed by atoms with E-state index in [1.165, 1.54) is 11.3 Å². The fourth-order valence-electron chi connectivity index (χ4n) is 3.34. The van der Waals surface area contributed by atoms with Crippen molar-refractivity contribution >= 4 is 28.3 Å². The van der Waals surface area contributed by atoms with E-state index in [1.807, 2.05) is 0 Å². The maximum atomic E-state index is 13.3. The number of anilines is 1. The van der Waals surface area contributed by atoms with Crippen LogP contribution in [-0.2, 0) is 20.7 Å². The Hall–Kier alpha value is -2.39. The zero-order chi connectivity index (χ0) is 24.6. The Morgan fingerprint density at radius 1 is 1.21 bits per heavy atom. The molecule has 0 radical (unpaired) electrons. The van der Waals surface area contributed by atoms with Crippen LogP contribution in [-0.4, -0.2) is 35.6 Å². The summed E-state index contributed by atoms with van der Waals surface area (Å²) in [5, 5.41) is 5.85. The van der Waals surface area contributed by atoms with E-state index < -0.39 is 23.6 Å². The average molecular weight is 482 g/mol. The van der Waals surface area contributed by atoms with Crippen molar-refractivity contribution in [2.45, 2.75) is 77.4 Å². The smallest absolute Gasteiger partial charge is 0.248 e. The minimum Gasteiger partial charge on any atom is -0.379 e. The summed E-state index contributed by atoms with van der Waals surface area (Å²) in [5.41, 5.74) is 0.0577. The third-order valence-corrected chi connectivity index (χ3v) is 6.70. The fourth-order valence-corrected chi connectivity index (χ4v) is 4.24. The number of rotatable bonds is 12. The van der Waals surface area contributed by atoms with Gasteiger partial charge in [0.15, 0.2) is 5.13 Å². The van der Waals surface area contributed by atoms with Gasteiger partial charge in [-0.15, -0.1) is 11.3 Å². The molecular weight excluding hydrogens is 448 g/mol. The summed E-state index contributed by atoms with van der Waals surface area (Å²) in [6.45, 7) is 8.03. The van der Waals surface area contributed by atoms with Gasteiger partial charge in [-0.2, -0.15) is 0 Å². The van der Waals surface area contributed by atoms with Crippen LogP contribution in [0.5, 0.6) is 0 Å². The van der Waals surface area contributed by atoms with Gasteiger partial charge in [-0.25, -0.2) is 13.8 Å². The van der Waals surface area contributed by atoms with Crippen molar-refractivity contribution < 1.29 is 23.1 Å². The summed E-state index contributed by atoms with van der Waals surface area (Å²) < 4.78 is 32.1. The van der Waals surface area contributed by atoms with Crippen molar-refractivity contribution in [1.82, 2.24) is 10.3 Å². The molecule has 0 aliphatic carbocycles. The van der Waals surface area contributed by atoms with E-state index in [0.717, 1.165) is 42.3 Å². The Bertz CT molecular complexity index is 929. The first-order valence-electron chi connectivity index (χ1n) is 11.1. The predicted molar refractivity (Wildman–Crippen MR) is 126 cm³/mol. The lowest BCUT2D eigenvalue weighted by atomic mass is 9.96. The highest BCUT2D eigenvalue weighted by atomic mass is 32.1. The van der Waals surface area contributed by atoms with Crippen LogP contribution in [0.2, 0.25) is 0 Å². The molecule has 0 aliphatic rings.